The van der Waals surface area contributed by atoms with Crippen LogP contribution in [0.4, 0.5) is 0 Å². The fourth-order valence-corrected chi connectivity index (χ4v) is 8.14. The van der Waals surface area contributed by atoms with E-state index in [1.165, 1.54) is 51.4 Å². The molecule has 0 aliphatic heterocycles. The van der Waals surface area contributed by atoms with Crippen LogP contribution in [0, 0.1) is 46.8 Å². The summed E-state index contributed by atoms with van der Waals surface area (Å²) in [6.07, 6.45) is 12.8. The summed E-state index contributed by atoms with van der Waals surface area (Å²) in [6, 6.07) is 0. The van der Waals surface area contributed by atoms with Crippen molar-refractivity contribution in [3.05, 3.63) is 0 Å². The highest BCUT2D eigenvalue weighted by Gasteiger charge is 2.57. The van der Waals surface area contributed by atoms with E-state index >= 15 is 0 Å². The number of carbonyl (C=O) groups is 1. The van der Waals surface area contributed by atoms with Crippen molar-refractivity contribution >= 4 is 5.78 Å². The SMILES string of the molecule is COCC[C@@H](C)C1CCC2[C@@H]3CC[C@@H]4CC(=O)CC[C@@H]4C3CC[C@@]21C. The first kappa shape index (κ1) is 18.0. The van der Waals surface area contributed by atoms with E-state index in [-0.39, 0.29) is 0 Å². The maximum Gasteiger partial charge on any atom is 0.133 e. The van der Waals surface area contributed by atoms with Gasteiger partial charge in [-0.25, -0.2) is 0 Å². The van der Waals surface area contributed by atoms with Gasteiger partial charge in [-0.15, -0.1) is 0 Å². The molecule has 4 aliphatic carbocycles. The zero-order valence-corrected chi connectivity index (χ0v) is 16.6. The summed E-state index contributed by atoms with van der Waals surface area (Å²) < 4.78 is 5.37. The van der Waals surface area contributed by atoms with E-state index < -0.39 is 0 Å². The van der Waals surface area contributed by atoms with Crippen molar-refractivity contribution in [1.82, 2.24) is 0 Å². The van der Waals surface area contributed by atoms with Gasteiger partial charge >= 0.3 is 0 Å². The van der Waals surface area contributed by atoms with Gasteiger partial charge in [-0.05, 0) is 98.2 Å². The normalized spacial score (nSPS) is 47.7. The predicted molar refractivity (Wildman–Crippen MR) is 101 cm³/mol. The van der Waals surface area contributed by atoms with Crippen molar-refractivity contribution in [2.24, 2.45) is 46.8 Å². The minimum Gasteiger partial charge on any atom is -0.385 e. The van der Waals surface area contributed by atoms with Gasteiger partial charge in [0.25, 0.3) is 0 Å². The average molecular weight is 347 g/mol. The minimum atomic E-state index is 0.549. The Kier molecular flexibility index (Phi) is 5.03. The molecule has 0 aromatic carbocycles. The van der Waals surface area contributed by atoms with Crippen molar-refractivity contribution in [3.8, 4) is 0 Å². The highest BCUT2D eigenvalue weighted by atomic mass is 16.5. The fraction of sp³-hybridized carbons (Fsp3) is 0.957. The summed E-state index contributed by atoms with van der Waals surface area (Å²) >= 11 is 0. The molecule has 0 aromatic rings. The molecule has 2 nitrogen and oxygen atoms in total. The molecular weight excluding hydrogens is 308 g/mol. The first-order valence-electron chi connectivity index (χ1n) is 11.0. The number of rotatable bonds is 4. The molecule has 0 N–H and O–H groups in total. The standard InChI is InChI=1S/C23H38O2/c1-15(11-13-25-3)21-8-9-22-20-6-4-16-14-17(24)5-7-18(16)19(20)10-12-23(21,22)2/h15-16,18-22H,4-14H2,1-3H3/t15-,16-,18+,19?,20-,21?,22?,23-/m1/s1. The third-order valence-electron chi connectivity index (χ3n) is 9.30. The number of ketones is 1. The molecule has 3 unspecified atom stereocenters. The molecule has 0 aromatic heterocycles. The van der Waals surface area contributed by atoms with Gasteiger partial charge in [0.15, 0.2) is 0 Å². The smallest absolute Gasteiger partial charge is 0.133 e. The van der Waals surface area contributed by atoms with Gasteiger partial charge in [0, 0.05) is 26.6 Å². The van der Waals surface area contributed by atoms with Crippen LogP contribution >= 0.6 is 0 Å². The Balaban J connectivity index is 1.49. The molecule has 0 saturated heterocycles. The summed E-state index contributed by atoms with van der Waals surface area (Å²) in [5.74, 6) is 6.74. The van der Waals surface area contributed by atoms with E-state index in [0.29, 0.717) is 11.2 Å². The monoisotopic (exact) mass is 346 g/mol. The number of hydrogen-bond donors (Lipinski definition) is 0. The lowest BCUT2D eigenvalue weighted by molar-refractivity contribution is -0.127. The third kappa shape index (κ3) is 3.01. The van der Waals surface area contributed by atoms with Crippen molar-refractivity contribution < 1.29 is 9.53 Å². The van der Waals surface area contributed by atoms with Gasteiger partial charge in [-0.1, -0.05) is 13.8 Å². The molecule has 142 valence electrons. The van der Waals surface area contributed by atoms with E-state index in [4.69, 9.17) is 4.74 Å². The molecule has 4 saturated carbocycles. The van der Waals surface area contributed by atoms with Gasteiger partial charge in [-0.2, -0.15) is 0 Å². The van der Waals surface area contributed by atoms with Crippen LogP contribution in [-0.4, -0.2) is 19.5 Å². The number of hydrogen-bond acceptors (Lipinski definition) is 2. The second-order valence-corrected chi connectivity index (χ2v) is 10.2. The second-order valence-electron chi connectivity index (χ2n) is 10.2. The van der Waals surface area contributed by atoms with Gasteiger partial charge < -0.3 is 4.74 Å². The Bertz CT molecular complexity index is 500. The quantitative estimate of drug-likeness (QED) is 0.672. The predicted octanol–water partition coefficient (Wildman–Crippen LogP) is 5.50. The van der Waals surface area contributed by atoms with Crippen LogP contribution < -0.4 is 0 Å². The lowest BCUT2D eigenvalue weighted by Crippen LogP contribution is -2.49. The van der Waals surface area contributed by atoms with Crippen LogP contribution in [0.25, 0.3) is 0 Å². The van der Waals surface area contributed by atoms with E-state index in [0.717, 1.165) is 60.9 Å². The Morgan fingerprint density at radius 1 is 1.08 bits per heavy atom. The maximum atomic E-state index is 11.9. The van der Waals surface area contributed by atoms with Crippen LogP contribution in [0.3, 0.4) is 0 Å². The lowest BCUT2D eigenvalue weighted by Gasteiger charge is -2.56. The molecule has 0 radical (unpaired) electrons. The first-order chi connectivity index (χ1) is 12.0. The van der Waals surface area contributed by atoms with Crippen molar-refractivity contribution in [3.63, 3.8) is 0 Å². The van der Waals surface area contributed by atoms with E-state index in [2.05, 4.69) is 13.8 Å². The highest BCUT2D eigenvalue weighted by molar-refractivity contribution is 5.79. The van der Waals surface area contributed by atoms with E-state index in [9.17, 15) is 4.79 Å². The van der Waals surface area contributed by atoms with Crippen LogP contribution in [0.1, 0.15) is 78.1 Å². The molecule has 0 amide bonds. The van der Waals surface area contributed by atoms with Crippen molar-refractivity contribution in [2.75, 3.05) is 13.7 Å². The van der Waals surface area contributed by atoms with Gasteiger partial charge in [0.1, 0.15) is 5.78 Å². The largest absolute Gasteiger partial charge is 0.385 e. The van der Waals surface area contributed by atoms with Crippen molar-refractivity contribution in [2.45, 2.75) is 78.1 Å². The molecule has 2 heteroatoms. The van der Waals surface area contributed by atoms with Crippen LogP contribution in [-0.2, 0) is 9.53 Å². The highest BCUT2D eigenvalue weighted by Crippen LogP contribution is 2.65. The van der Waals surface area contributed by atoms with Crippen LogP contribution in [0.15, 0.2) is 0 Å². The van der Waals surface area contributed by atoms with Crippen LogP contribution in [0.2, 0.25) is 0 Å². The lowest BCUT2D eigenvalue weighted by atomic mass is 9.49. The Labute approximate surface area is 154 Å². The summed E-state index contributed by atoms with van der Waals surface area (Å²) in [4.78, 5) is 11.9. The molecule has 0 heterocycles. The fourth-order valence-electron chi connectivity index (χ4n) is 8.14. The molecule has 25 heavy (non-hydrogen) atoms. The molecule has 8 atom stereocenters. The van der Waals surface area contributed by atoms with E-state index in [1.54, 1.807) is 0 Å². The van der Waals surface area contributed by atoms with Gasteiger partial charge in [0.2, 0.25) is 0 Å². The summed E-state index contributed by atoms with van der Waals surface area (Å²) in [5.41, 5.74) is 0.575. The number of carbonyl (C=O) groups excluding carboxylic acids is 1. The molecule has 4 aliphatic rings. The van der Waals surface area contributed by atoms with Crippen LogP contribution in [0.5, 0.6) is 0 Å². The first-order valence-corrected chi connectivity index (χ1v) is 11.0. The number of fused-ring (bicyclic) bond motifs is 5. The Morgan fingerprint density at radius 2 is 1.92 bits per heavy atom. The van der Waals surface area contributed by atoms with E-state index in [1.807, 2.05) is 7.11 Å². The molecule has 0 bridgehead atoms. The summed E-state index contributed by atoms with van der Waals surface area (Å²) in [6.45, 7) is 6.04. The van der Waals surface area contributed by atoms with Crippen molar-refractivity contribution in [1.29, 1.82) is 0 Å². The molecule has 4 fully saturated rings. The second kappa shape index (κ2) is 6.98. The third-order valence-corrected chi connectivity index (χ3v) is 9.30. The summed E-state index contributed by atoms with van der Waals surface area (Å²) in [7, 11) is 1.84. The average Bonchev–Trinajstić information content (AvgIpc) is 2.96. The topological polar surface area (TPSA) is 26.3 Å². The maximum absolute atomic E-state index is 11.9. The molecule has 0 spiro atoms. The molecular formula is C23H38O2. The summed E-state index contributed by atoms with van der Waals surface area (Å²) in [5, 5.41) is 0. The zero-order valence-electron chi connectivity index (χ0n) is 16.6. The van der Waals surface area contributed by atoms with Gasteiger partial charge in [-0.3, -0.25) is 4.79 Å². The number of ether oxygens (including phenoxy) is 1. The minimum absolute atomic E-state index is 0.549. The number of Topliss-reactive ketones (excluding diaryl/α,β-unsaturated/α-hetero) is 1. The number of methoxy groups -OCH3 is 1. The molecule has 4 rings (SSSR count). The zero-order chi connectivity index (χ0) is 17.6. The Hall–Kier alpha value is -0.370. The Morgan fingerprint density at radius 3 is 2.72 bits per heavy atom. The van der Waals surface area contributed by atoms with Gasteiger partial charge in [0.05, 0.1) is 0 Å².